The maximum absolute atomic E-state index is 12.8. The molecule has 1 aromatic heterocycles. The largest absolute Gasteiger partial charge is 0.493 e. The fourth-order valence-corrected chi connectivity index (χ4v) is 4.00. The van der Waals surface area contributed by atoms with E-state index in [0.29, 0.717) is 27.8 Å². The number of methoxy groups -OCH3 is 2. The summed E-state index contributed by atoms with van der Waals surface area (Å²) in [5.41, 5.74) is 0.939. The Balaban J connectivity index is 1.84. The van der Waals surface area contributed by atoms with Crippen molar-refractivity contribution in [1.29, 1.82) is 0 Å². The molecule has 3 aromatic rings. The lowest BCUT2D eigenvalue weighted by Crippen LogP contribution is -2.32. The SMILES string of the molecule is COC(=O)[C@@H]1Oc2cc(C)oc(=O)c2[C@@H]1c1cccc(OC)c1OCc1ccccc1Cl. The average Bonchev–Trinajstić information content (AvgIpc) is 3.17. The second-order valence-electron chi connectivity index (χ2n) is 7.22. The highest BCUT2D eigenvalue weighted by Crippen LogP contribution is 2.47. The van der Waals surface area contributed by atoms with Crippen molar-refractivity contribution in [3.63, 3.8) is 0 Å². The number of carbonyl (C=O) groups is 1. The van der Waals surface area contributed by atoms with Gasteiger partial charge in [0.15, 0.2) is 11.5 Å². The summed E-state index contributed by atoms with van der Waals surface area (Å²) in [6.45, 7) is 1.79. The third kappa shape index (κ3) is 3.91. The minimum atomic E-state index is -1.09. The molecule has 0 saturated heterocycles. The maximum atomic E-state index is 12.8. The van der Waals surface area contributed by atoms with Gasteiger partial charge in [-0.2, -0.15) is 0 Å². The summed E-state index contributed by atoms with van der Waals surface area (Å²) >= 11 is 6.27. The van der Waals surface area contributed by atoms with E-state index >= 15 is 0 Å². The lowest BCUT2D eigenvalue weighted by molar-refractivity contribution is -0.148. The van der Waals surface area contributed by atoms with Crippen molar-refractivity contribution >= 4 is 17.6 Å². The Morgan fingerprint density at radius 2 is 1.91 bits per heavy atom. The molecule has 7 nitrogen and oxygen atoms in total. The molecule has 2 aromatic carbocycles. The number of para-hydroxylation sites is 1. The molecule has 1 aliphatic heterocycles. The van der Waals surface area contributed by atoms with E-state index in [4.69, 9.17) is 35.0 Å². The molecular weight excluding hydrogens is 436 g/mol. The number of aryl methyl sites for hydroxylation is 1. The second kappa shape index (κ2) is 8.96. The molecule has 0 aliphatic carbocycles. The molecule has 166 valence electrons. The fourth-order valence-electron chi connectivity index (χ4n) is 3.80. The van der Waals surface area contributed by atoms with Crippen LogP contribution in [0, 0.1) is 6.92 Å². The van der Waals surface area contributed by atoms with Crippen molar-refractivity contribution in [2.45, 2.75) is 25.6 Å². The first-order chi connectivity index (χ1) is 15.4. The van der Waals surface area contributed by atoms with Crippen LogP contribution in [0.25, 0.3) is 0 Å². The Bertz CT molecular complexity index is 1220. The highest BCUT2D eigenvalue weighted by atomic mass is 35.5. The minimum absolute atomic E-state index is 0.152. The number of ether oxygens (including phenoxy) is 4. The molecule has 0 N–H and O–H groups in total. The van der Waals surface area contributed by atoms with Crippen molar-refractivity contribution < 1.29 is 28.2 Å². The molecule has 0 amide bonds. The topological polar surface area (TPSA) is 84.2 Å². The Labute approximate surface area is 189 Å². The molecule has 0 spiro atoms. The average molecular weight is 457 g/mol. The Kier molecular flexibility index (Phi) is 6.10. The normalized spacial score (nSPS) is 16.8. The first kappa shape index (κ1) is 21.8. The van der Waals surface area contributed by atoms with Crippen molar-refractivity contribution in [3.05, 3.63) is 86.4 Å². The predicted octanol–water partition coefficient (Wildman–Crippen LogP) is 4.26. The Morgan fingerprint density at radius 1 is 1.12 bits per heavy atom. The fraction of sp³-hybridized carbons (Fsp3) is 0.250. The predicted molar refractivity (Wildman–Crippen MR) is 117 cm³/mol. The molecule has 32 heavy (non-hydrogen) atoms. The van der Waals surface area contributed by atoms with E-state index in [1.54, 1.807) is 37.3 Å². The van der Waals surface area contributed by atoms with Gasteiger partial charge in [0.2, 0.25) is 6.10 Å². The smallest absolute Gasteiger partial charge is 0.348 e. The van der Waals surface area contributed by atoms with E-state index in [0.717, 1.165) is 5.56 Å². The highest BCUT2D eigenvalue weighted by molar-refractivity contribution is 6.31. The van der Waals surface area contributed by atoms with Crippen LogP contribution in [-0.2, 0) is 16.1 Å². The maximum Gasteiger partial charge on any atom is 0.348 e. The number of rotatable bonds is 6. The molecule has 0 fully saturated rings. The van der Waals surface area contributed by atoms with Gasteiger partial charge in [0.1, 0.15) is 18.1 Å². The van der Waals surface area contributed by atoms with E-state index in [2.05, 4.69) is 0 Å². The number of carbonyl (C=O) groups excluding carboxylic acids is 1. The molecule has 2 atom stereocenters. The van der Waals surface area contributed by atoms with Crippen LogP contribution in [-0.4, -0.2) is 26.3 Å². The van der Waals surface area contributed by atoms with Crippen LogP contribution in [0.1, 0.15) is 28.4 Å². The molecular formula is C24H21ClO7. The molecule has 0 saturated carbocycles. The zero-order valence-electron chi connectivity index (χ0n) is 17.7. The van der Waals surface area contributed by atoms with Gasteiger partial charge in [0, 0.05) is 22.2 Å². The number of esters is 1. The summed E-state index contributed by atoms with van der Waals surface area (Å²) in [7, 11) is 2.77. The Morgan fingerprint density at radius 3 is 2.62 bits per heavy atom. The van der Waals surface area contributed by atoms with Gasteiger partial charge in [-0.05, 0) is 19.1 Å². The molecule has 0 bridgehead atoms. The van der Waals surface area contributed by atoms with Gasteiger partial charge in [-0.25, -0.2) is 9.59 Å². The van der Waals surface area contributed by atoms with Gasteiger partial charge in [0.25, 0.3) is 0 Å². The summed E-state index contributed by atoms with van der Waals surface area (Å²) in [4.78, 5) is 25.4. The monoisotopic (exact) mass is 456 g/mol. The van der Waals surface area contributed by atoms with Gasteiger partial charge >= 0.3 is 11.6 Å². The molecule has 2 heterocycles. The zero-order chi connectivity index (χ0) is 22.8. The van der Waals surface area contributed by atoms with Crippen molar-refractivity contribution in [1.82, 2.24) is 0 Å². The quantitative estimate of drug-likeness (QED) is 0.512. The van der Waals surface area contributed by atoms with Crippen molar-refractivity contribution in [2.24, 2.45) is 0 Å². The summed E-state index contributed by atoms with van der Waals surface area (Å²) < 4.78 is 27.7. The van der Waals surface area contributed by atoms with Gasteiger partial charge in [-0.15, -0.1) is 0 Å². The number of hydrogen-bond donors (Lipinski definition) is 0. The second-order valence-corrected chi connectivity index (χ2v) is 7.63. The number of halogens is 1. The zero-order valence-corrected chi connectivity index (χ0v) is 18.5. The Hall–Kier alpha value is -3.45. The van der Waals surface area contributed by atoms with Gasteiger partial charge < -0.3 is 23.4 Å². The van der Waals surface area contributed by atoms with E-state index in [9.17, 15) is 9.59 Å². The summed E-state index contributed by atoms with van der Waals surface area (Å²) in [5.74, 6) is 0.0139. The van der Waals surface area contributed by atoms with Gasteiger partial charge in [-0.3, -0.25) is 0 Å². The standard InChI is InChI=1S/C24H21ClO7/c1-13-11-18-20(23(26)31-13)19(22(32-18)24(27)29-3)15-8-6-10-17(28-2)21(15)30-12-14-7-4-5-9-16(14)25/h4-11,19,22H,12H2,1-3H3/t19-,22+/m0/s1. The van der Waals surface area contributed by atoms with Gasteiger partial charge in [-0.1, -0.05) is 41.9 Å². The molecule has 8 heteroatoms. The first-order valence-electron chi connectivity index (χ1n) is 9.86. The summed E-state index contributed by atoms with van der Waals surface area (Å²) in [6, 6.07) is 14.1. The first-order valence-corrected chi connectivity index (χ1v) is 10.2. The molecule has 0 unspecified atom stereocenters. The number of hydrogen-bond acceptors (Lipinski definition) is 7. The third-order valence-corrected chi connectivity index (χ3v) is 5.64. The van der Waals surface area contributed by atoms with Crippen LogP contribution in [0.3, 0.4) is 0 Å². The highest BCUT2D eigenvalue weighted by Gasteiger charge is 2.45. The molecule has 4 rings (SSSR count). The number of benzene rings is 2. The van der Waals surface area contributed by atoms with Crippen LogP contribution >= 0.6 is 11.6 Å². The van der Waals surface area contributed by atoms with Crippen molar-refractivity contribution in [3.8, 4) is 17.2 Å². The van der Waals surface area contributed by atoms with E-state index in [1.165, 1.54) is 14.2 Å². The van der Waals surface area contributed by atoms with E-state index in [1.807, 2.05) is 18.2 Å². The van der Waals surface area contributed by atoms with Crippen LogP contribution in [0.5, 0.6) is 17.2 Å². The third-order valence-electron chi connectivity index (χ3n) is 5.27. The summed E-state index contributed by atoms with van der Waals surface area (Å²) in [6.07, 6.45) is -1.09. The van der Waals surface area contributed by atoms with Crippen LogP contribution in [0.4, 0.5) is 0 Å². The van der Waals surface area contributed by atoms with Crippen LogP contribution in [0.2, 0.25) is 5.02 Å². The molecule has 0 radical (unpaired) electrons. The molecule has 1 aliphatic rings. The number of fused-ring (bicyclic) bond motifs is 1. The summed E-state index contributed by atoms with van der Waals surface area (Å²) in [5, 5.41) is 0.557. The lowest BCUT2D eigenvalue weighted by atomic mass is 9.88. The van der Waals surface area contributed by atoms with E-state index < -0.39 is 23.6 Å². The van der Waals surface area contributed by atoms with Crippen LogP contribution < -0.4 is 19.8 Å². The van der Waals surface area contributed by atoms with Gasteiger partial charge in [0.05, 0.1) is 25.7 Å². The minimum Gasteiger partial charge on any atom is -0.493 e. The van der Waals surface area contributed by atoms with E-state index in [-0.39, 0.29) is 17.9 Å². The lowest BCUT2D eigenvalue weighted by Gasteiger charge is -2.21. The van der Waals surface area contributed by atoms with Crippen molar-refractivity contribution in [2.75, 3.05) is 14.2 Å². The van der Waals surface area contributed by atoms with Crippen LogP contribution in [0.15, 0.2) is 57.7 Å².